The van der Waals surface area contributed by atoms with Crippen LogP contribution < -0.4 is 10.1 Å². The van der Waals surface area contributed by atoms with Crippen LogP contribution in [0, 0.1) is 0 Å². The van der Waals surface area contributed by atoms with Crippen molar-refractivity contribution < 1.29 is 4.74 Å². The normalized spacial score (nSPS) is 20.4. The molecule has 1 N–H and O–H groups in total. The molecule has 0 aliphatic carbocycles. The molecule has 0 unspecified atom stereocenters. The van der Waals surface area contributed by atoms with E-state index in [2.05, 4.69) is 12.2 Å². The summed E-state index contributed by atoms with van der Waals surface area (Å²) < 4.78 is 5.33. The minimum atomic E-state index is 0.321. The van der Waals surface area contributed by atoms with Crippen molar-refractivity contribution in [3.63, 3.8) is 0 Å². The van der Waals surface area contributed by atoms with Crippen LogP contribution in [0.15, 0.2) is 12.1 Å². The summed E-state index contributed by atoms with van der Waals surface area (Å²) in [5, 5.41) is 4.22. The number of fused-ring (bicyclic) bond motifs is 1. The lowest BCUT2D eigenvalue weighted by molar-refractivity contribution is 0.402. The molecule has 1 aromatic rings. The third-order valence-corrected chi connectivity index (χ3v) is 3.07. The fourth-order valence-corrected chi connectivity index (χ4v) is 2.39. The monoisotopic (exact) mass is 211 g/mol. The second-order valence-electron chi connectivity index (χ2n) is 3.57. The zero-order valence-corrected chi connectivity index (χ0v) is 9.19. The van der Waals surface area contributed by atoms with Gasteiger partial charge in [-0.15, -0.1) is 0 Å². The molecule has 1 heterocycles. The Hall–Kier alpha value is -0.730. The Labute approximate surface area is 89.2 Å². The van der Waals surface area contributed by atoms with E-state index in [4.69, 9.17) is 16.3 Å². The molecule has 0 bridgehead atoms. The van der Waals surface area contributed by atoms with Crippen molar-refractivity contribution in [2.75, 3.05) is 13.7 Å². The average molecular weight is 212 g/mol. The summed E-state index contributed by atoms with van der Waals surface area (Å²) in [5.41, 5.74) is 2.45. The summed E-state index contributed by atoms with van der Waals surface area (Å²) >= 11 is 6.17. The summed E-state index contributed by atoms with van der Waals surface area (Å²) in [4.78, 5) is 0. The second-order valence-corrected chi connectivity index (χ2v) is 3.97. The Morgan fingerprint density at radius 2 is 2.29 bits per heavy atom. The lowest BCUT2D eigenvalue weighted by Crippen LogP contribution is -2.28. The van der Waals surface area contributed by atoms with Crippen LogP contribution >= 0.6 is 11.6 Å². The number of nitrogens with one attached hydrogen (secondary N) is 1. The van der Waals surface area contributed by atoms with Crippen LogP contribution in [0.4, 0.5) is 0 Å². The molecule has 0 aromatic heterocycles. The molecule has 0 spiro atoms. The number of ether oxygens (including phenoxy) is 1. The molecule has 76 valence electrons. The zero-order chi connectivity index (χ0) is 10.1. The van der Waals surface area contributed by atoms with Gasteiger partial charge in [0, 0.05) is 16.6 Å². The Morgan fingerprint density at radius 1 is 1.50 bits per heavy atom. The molecule has 0 amide bonds. The van der Waals surface area contributed by atoms with Gasteiger partial charge in [0.2, 0.25) is 0 Å². The van der Waals surface area contributed by atoms with Gasteiger partial charge in [-0.1, -0.05) is 11.6 Å². The van der Waals surface area contributed by atoms with Crippen LogP contribution in [0.25, 0.3) is 0 Å². The van der Waals surface area contributed by atoms with Crippen LogP contribution in [0.2, 0.25) is 5.02 Å². The van der Waals surface area contributed by atoms with Gasteiger partial charge in [-0.2, -0.15) is 0 Å². The maximum Gasteiger partial charge on any atom is 0.122 e. The standard InChI is InChI=1S/C11H14ClNO/c1-7-11-8(5-6-13-7)10(14-2)4-3-9(11)12/h3-4,7,13H,5-6H2,1-2H3/t7-/m0/s1. The minimum Gasteiger partial charge on any atom is -0.496 e. The van der Waals surface area contributed by atoms with Gasteiger partial charge >= 0.3 is 0 Å². The highest BCUT2D eigenvalue weighted by atomic mass is 35.5. The summed E-state index contributed by atoms with van der Waals surface area (Å²) in [5.74, 6) is 0.956. The number of rotatable bonds is 1. The molecule has 0 saturated heterocycles. The first-order chi connectivity index (χ1) is 6.74. The molecule has 2 rings (SSSR count). The van der Waals surface area contributed by atoms with Gasteiger partial charge in [-0.05, 0) is 37.6 Å². The summed E-state index contributed by atoms with van der Waals surface area (Å²) in [6.07, 6.45) is 0.989. The van der Waals surface area contributed by atoms with Crippen molar-refractivity contribution in [2.45, 2.75) is 19.4 Å². The number of halogens is 1. The van der Waals surface area contributed by atoms with E-state index in [0.717, 1.165) is 23.7 Å². The van der Waals surface area contributed by atoms with Gasteiger partial charge in [0.25, 0.3) is 0 Å². The van der Waals surface area contributed by atoms with E-state index in [1.165, 1.54) is 11.1 Å². The molecule has 0 fully saturated rings. The van der Waals surface area contributed by atoms with Crippen molar-refractivity contribution in [1.82, 2.24) is 5.32 Å². The second kappa shape index (κ2) is 3.79. The van der Waals surface area contributed by atoms with Gasteiger partial charge in [0.05, 0.1) is 7.11 Å². The van der Waals surface area contributed by atoms with Crippen LogP contribution in [0.3, 0.4) is 0 Å². The molecule has 14 heavy (non-hydrogen) atoms. The SMILES string of the molecule is COc1ccc(Cl)c2c1CCN[C@H]2C. The summed E-state index contributed by atoms with van der Waals surface area (Å²) in [7, 11) is 1.70. The lowest BCUT2D eigenvalue weighted by Gasteiger charge is -2.26. The van der Waals surface area contributed by atoms with Crippen LogP contribution in [-0.2, 0) is 6.42 Å². The quantitative estimate of drug-likeness (QED) is 0.771. The summed E-state index contributed by atoms with van der Waals surface area (Å²) in [6.45, 7) is 3.12. The smallest absolute Gasteiger partial charge is 0.122 e. The first kappa shape index (κ1) is 9.81. The number of hydrogen-bond donors (Lipinski definition) is 1. The highest BCUT2D eigenvalue weighted by Crippen LogP contribution is 2.35. The predicted octanol–water partition coefficient (Wildman–Crippen LogP) is 2.56. The van der Waals surface area contributed by atoms with E-state index in [1.54, 1.807) is 7.11 Å². The Bertz CT molecular complexity index is 351. The third-order valence-electron chi connectivity index (χ3n) is 2.74. The minimum absolute atomic E-state index is 0.321. The molecule has 3 heteroatoms. The maximum atomic E-state index is 6.17. The fraction of sp³-hybridized carbons (Fsp3) is 0.455. The number of benzene rings is 1. The number of methoxy groups -OCH3 is 1. The van der Waals surface area contributed by atoms with E-state index in [-0.39, 0.29) is 0 Å². The Morgan fingerprint density at radius 3 is 3.00 bits per heavy atom. The van der Waals surface area contributed by atoms with E-state index in [0.29, 0.717) is 6.04 Å². The van der Waals surface area contributed by atoms with Crippen molar-refractivity contribution in [2.24, 2.45) is 0 Å². The largest absolute Gasteiger partial charge is 0.496 e. The number of hydrogen-bond acceptors (Lipinski definition) is 2. The summed E-state index contributed by atoms with van der Waals surface area (Å²) in [6, 6.07) is 4.17. The highest BCUT2D eigenvalue weighted by Gasteiger charge is 2.21. The zero-order valence-electron chi connectivity index (χ0n) is 8.43. The van der Waals surface area contributed by atoms with Crippen molar-refractivity contribution in [3.05, 3.63) is 28.3 Å². The topological polar surface area (TPSA) is 21.3 Å². The highest BCUT2D eigenvalue weighted by molar-refractivity contribution is 6.31. The predicted molar refractivity (Wildman–Crippen MR) is 58.1 cm³/mol. The molecular weight excluding hydrogens is 198 g/mol. The van der Waals surface area contributed by atoms with Crippen LogP contribution in [-0.4, -0.2) is 13.7 Å². The van der Waals surface area contributed by atoms with Gasteiger partial charge in [0.1, 0.15) is 5.75 Å². The maximum absolute atomic E-state index is 6.17. The van der Waals surface area contributed by atoms with E-state index >= 15 is 0 Å². The van der Waals surface area contributed by atoms with Crippen molar-refractivity contribution >= 4 is 11.6 Å². The Balaban J connectivity index is 2.57. The van der Waals surface area contributed by atoms with E-state index in [1.807, 2.05) is 12.1 Å². The lowest BCUT2D eigenvalue weighted by atomic mass is 9.94. The van der Waals surface area contributed by atoms with Gasteiger partial charge < -0.3 is 10.1 Å². The molecule has 1 aliphatic rings. The molecule has 2 nitrogen and oxygen atoms in total. The van der Waals surface area contributed by atoms with Gasteiger partial charge in [-0.3, -0.25) is 0 Å². The molecule has 1 aliphatic heterocycles. The molecule has 0 radical (unpaired) electrons. The van der Waals surface area contributed by atoms with Crippen LogP contribution in [0.1, 0.15) is 24.1 Å². The van der Waals surface area contributed by atoms with Crippen molar-refractivity contribution in [1.29, 1.82) is 0 Å². The van der Waals surface area contributed by atoms with Crippen molar-refractivity contribution in [3.8, 4) is 5.75 Å². The van der Waals surface area contributed by atoms with E-state index in [9.17, 15) is 0 Å². The molecule has 0 saturated carbocycles. The molecule has 1 atom stereocenters. The van der Waals surface area contributed by atoms with Gasteiger partial charge in [0.15, 0.2) is 0 Å². The first-order valence-electron chi connectivity index (χ1n) is 4.82. The van der Waals surface area contributed by atoms with Crippen LogP contribution in [0.5, 0.6) is 5.75 Å². The van der Waals surface area contributed by atoms with Gasteiger partial charge in [-0.25, -0.2) is 0 Å². The molecule has 1 aromatic carbocycles. The molecular formula is C11H14ClNO. The average Bonchev–Trinajstić information content (AvgIpc) is 2.18. The first-order valence-corrected chi connectivity index (χ1v) is 5.20. The fourth-order valence-electron chi connectivity index (χ4n) is 2.05. The third kappa shape index (κ3) is 1.49. The van der Waals surface area contributed by atoms with E-state index < -0.39 is 0 Å². The Kier molecular flexibility index (Phi) is 2.66.